The molecule has 8 heteroatoms. The number of anilines is 2. The standard InChI is InChI=1S/C33H21N7S/c34-16-18-6-8-20(9-7-18)24-15-25-30(31(38)33(24)40-41)23-11-10-22(29-26(36)12-19(17-35)13-27(29)37)14-28(23)39-32(25)21-4-2-1-3-5-21/h1-15,38,41H,36-37H2. The fourth-order valence-corrected chi connectivity index (χ4v) is 5.47. The Morgan fingerprint density at radius 2 is 1.41 bits per heavy atom. The highest BCUT2D eigenvalue weighted by atomic mass is 32.1. The van der Waals surface area contributed by atoms with Gasteiger partial charge in [0.1, 0.15) is 5.71 Å². The largest absolute Gasteiger partial charge is 0.398 e. The quantitative estimate of drug-likeness (QED) is 0.147. The zero-order valence-electron chi connectivity index (χ0n) is 21.6. The summed E-state index contributed by atoms with van der Waals surface area (Å²) in [6.07, 6.45) is 1.99. The minimum atomic E-state index is 0.214. The van der Waals surface area contributed by atoms with Crippen LogP contribution in [0.25, 0.3) is 44.9 Å². The van der Waals surface area contributed by atoms with E-state index in [4.69, 9.17) is 16.5 Å². The van der Waals surface area contributed by atoms with E-state index in [0.717, 1.165) is 33.2 Å². The van der Waals surface area contributed by atoms with E-state index in [1.807, 2.05) is 66.7 Å². The lowest BCUT2D eigenvalue weighted by Crippen LogP contribution is -2.22. The molecule has 1 aliphatic carbocycles. The van der Waals surface area contributed by atoms with Gasteiger partial charge in [0, 0.05) is 44.6 Å². The molecule has 0 amide bonds. The van der Waals surface area contributed by atoms with Crippen LogP contribution in [0.5, 0.6) is 0 Å². The maximum absolute atomic E-state index is 9.30. The van der Waals surface area contributed by atoms with E-state index < -0.39 is 0 Å². The van der Waals surface area contributed by atoms with Crippen LogP contribution in [0.1, 0.15) is 27.8 Å². The SMILES string of the molecule is N#Cc1ccc(C2=Cc3c(-c4ccccc4)nc4cc(-c5c(N)cc(C#N)cc5N)ccc4c3C(=N)C2=NS)cc1. The number of pyridine rings is 1. The zero-order chi connectivity index (χ0) is 28.7. The Hall–Kier alpha value is -5.70. The molecule has 5 N–H and O–H groups in total. The van der Waals surface area contributed by atoms with Crippen LogP contribution in [0.15, 0.2) is 89.3 Å². The lowest BCUT2D eigenvalue weighted by Gasteiger charge is -2.24. The number of nitrogens with one attached hydrogen (secondary N) is 1. The second kappa shape index (κ2) is 10.1. The molecule has 1 aliphatic rings. The van der Waals surface area contributed by atoms with Gasteiger partial charge in [-0.05, 0) is 60.3 Å². The van der Waals surface area contributed by atoms with E-state index in [1.54, 1.807) is 24.3 Å². The molecular weight excluding hydrogens is 526 g/mol. The van der Waals surface area contributed by atoms with E-state index in [1.165, 1.54) is 0 Å². The average Bonchev–Trinajstić information content (AvgIpc) is 3.00. The number of rotatable bonds is 3. The molecule has 5 aromatic rings. The third-order valence-corrected chi connectivity index (χ3v) is 7.34. The first kappa shape index (κ1) is 25.6. The molecule has 1 heterocycles. The molecule has 7 nitrogen and oxygen atoms in total. The van der Waals surface area contributed by atoms with Crippen molar-refractivity contribution >= 4 is 58.2 Å². The number of hydrogen-bond donors (Lipinski definition) is 4. The predicted octanol–water partition coefficient (Wildman–Crippen LogP) is 6.68. The van der Waals surface area contributed by atoms with Crippen LogP contribution in [-0.2, 0) is 0 Å². The van der Waals surface area contributed by atoms with Crippen molar-refractivity contribution in [3.05, 3.63) is 113 Å². The van der Waals surface area contributed by atoms with E-state index in [-0.39, 0.29) is 5.71 Å². The second-order valence-electron chi connectivity index (χ2n) is 9.56. The van der Waals surface area contributed by atoms with E-state index in [9.17, 15) is 15.9 Å². The van der Waals surface area contributed by atoms with Gasteiger partial charge in [-0.15, -0.1) is 0 Å². The number of nitrogens with zero attached hydrogens (tertiary/aromatic N) is 4. The van der Waals surface area contributed by atoms with Crippen LogP contribution in [0.2, 0.25) is 0 Å². The summed E-state index contributed by atoms with van der Waals surface area (Å²) in [6.45, 7) is 0. The fraction of sp³-hybridized carbons (Fsp3) is 0. The Balaban J connectivity index is 1.65. The normalized spacial score (nSPS) is 13.4. The topological polar surface area (TPSA) is 149 Å². The van der Waals surface area contributed by atoms with Crippen molar-refractivity contribution in [2.75, 3.05) is 11.5 Å². The van der Waals surface area contributed by atoms with E-state index in [0.29, 0.717) is 50.6 Å². The van der Waals surface area contributed by atoms with Crippen LogP contribution in [0.3, 0.4) is 0 Å². The van der Waals surface area contributed by atoms with Crippen molar-refractivity contribution in [2.24, 2.45) is 4.40 Å². The maximum Gasteiger partial charge on any atom is 0.104 e. The van der Waals surface area contributed by atoms with E-state index in [2.05, 4.69) is 29.4 Å². The minimum absolute atomic E-state index is 0.214. The highest BCUT2D eigenvalue weighted by Gasteiger charge is 2.29. The molecule has 41 heavy (non-hydrogen) atoms. The summed E-state index contributed by atoms with van der Waals surface area (Å²) in [5, 5.41) is 28.6. The van der Waals surface area contributed by atoms with Crippen LogP contribution < -0.4 is 11.5 Å². The van der Waals surface area contributed by atoms with Crippen molar-refractivity contribution < 1.29 is 0 Å². The molecule has 0 unspecified atom stereocenters. The molecule has 0 saturated heterocycles. The number of nitriles is 2. The van der Waals surface area contributed by atoms with E-state index >= 15 is 0 Å². The Labute approximate surface area is 241 Å². The van der Waals surface area contributed by atoms with Gasteiger partial charge in [0.05, 0.1) is 40.2 Å². The Bertz CT molecular complexity index is 2020. The summed E-state index contributed by atoms with van der Waals surface area (Å²) < 4.78 is 4.22. The first-order chi connectivity index (χ1) is 19.9. The first-order valence-corrected chi connectivity index (χ1v) is 13.0. The number of nitrogens with two attached hydrogens (primary N) is 2. The molecule has 0 saturated carbocycles. The highest BCUT2D eigenvalue weighted by Crippen LogP contribution is 2.40. The van der Waals surface area contributed by atoms with Crippen LogP contribution in [0.4, 0.5) is 11.4 Å². The summed E-state index contributed by atoms with van der Waals surface area (Å²) in [7, 11) is 0. The van der Waals surface area contributed by atoms with Gasteiger partial charge in [0.15, 0.2) is 0 Å². The van der Waals surface area contributed by atoms with Crippen LogP contribution in [-0.4, -0.2) is 16.4 Å². The lowest BCUT2D eigenvalue weighted by atomic mass is 9.82. The molecule has 0 atom stereocenters. The number of benzene rings is 4. The first-order valence-electron chi connectivity index (χ1n) is 12.6. The van der Waals surface area contributed by atoms with Crippen molar-refractivity contribution in [2.45, 2.75) is 0 Å². The summed E-state index contributed by atoms with van der Waals surface area (Å²) in [5.74, 6) is 0. The molecule has 0 radical (unpaired) electrons. The lowest BCUT2D eigenvalue weighted by molar-refractivity contribution is 1.37. The van der Waals surface area contributed by atoms with Crippen molar-refractivity contribution in [3.8, 4) is 34.5 Å². The Morgan fingerprint density at radius 1 is 0.756 bits per heavy atom. The third kappa shape index (κ3) is 4.29. The third-order valence-electron chi connectivity index (χ3n) is 7.14. The molecule has 6 rings (SSSR count). The van der Waals surface area contributed by atoms with Gasteiger partial charge in [-0.25, -0.2) is 9.38 Å². The van der Waals surface area contributed by atoms with Gasteiger partial charge in [-0.1, -0.05) is 54.6 Å². The zero-order valence-corrected chi connectivity index (χ0v) is 22.4. The van der Waals surface area contributed by atoms with Crippen LogP contribution in [0, 0.1) is 28.1 Å². The number of fused-ring (bicyclic) bond motifs is 3. The van der Waals surface area contributed by atoms with Gasteiger partial charge >= 0.3 is 0 Å². The van der Waals surface area contributed by atoms with Gasteiger partial charge in [0.25, 0.3) is 0 Å². The monoisotopic (exact) mass is 547 g/mol. The van der Waals surface area contributed by atoms with Gasteiger partial charge in [0.2, 0.25) is 0 Å². The summed E-state index contributed by atoms with van der Waals surface area (Å²) in [4.78, 5) is 5.10. The minimum Gasteiger partial charge on any atom is -0.398 e. The molecule has 0 bridgehead atoms. The predicted molar refractivity (Wildman–Crippen MR) is 168 cm³/mol. The smallest absolute Gasteiger partial charge is 0.104 e. The molecule has 0 fully saturated rings. The van der Waals surface area contributed by atoms with Gasteiger partial charge in [-0.3, -0.25) is 5.41 Å². The number of allylic oxidation sites excluding steroid dienone is 1. The Kier molecular flexibility index (Phi) is 6.31. The summed E-state index contributed by atoms with van der Waals surface area (Å²) in [5.41, 5.74) is 21.6. The Morgan fingerprint density at radius 3 is 2.05 bits per heavy atom. The number of hydrogen-bond acceptors (Lipinski definition) is 8. The molecule has 1 aromatic heterocycles. The molecule has 194 valence electrons. The summed E-state index contributed by atoms with van der Waals surface area (Å²) in [6, 6.07) is 30.1. The maximum atomic E-state index is 9.30. The van der Waals surface area contributed by atoms with Crippen LogP contribution >= 0.6 is 12.8 Å². The fourth-order valence-electron chi connectivity index (χ4n) is 5.26. The average molecular weight is 548 g/mol. The highest BCUT2D eigenvalue weighted by molar-refractivity contribution is 7.79. The summed E-state index contributed by atoms with van der Waals surface area (Å²) >= 11 is 4.24. The van der Waals surface area contributed by atoms with Crippen molar-refractivity contribution in [1.82, 2.24) is 4.98 Å². The molecule has 0 spiro atoms. The van der Waals surface area contributed by atoms with Crippen molar-refractivity contribution in [3.63, 3.8) is 0 Å². The second-order valence-corrected chi connectivity index (χ2v) is 9.76. The molecular formula is C33H21N7S. The van der Waals surface area contributed by atoms with Gasteiger partial charge < -0.3 is 11.5 Å². The van der Waals surface area contributed by atoms with Gasteiger partial charge in [-0.2, -0.15) is 10.5 Å². The number of thiol groups is 1. The molecule has 4 aromatic carbocycles. The van der Waals surface area contributed by atoms with Crippen molar-refractivity contribution in [1.29, 1.82) is 15.9 Å². The number of nitrogen functional groups attached to an aromatic ring is 2. The number of aromatic nitrogens is 1. The molecule has 0 aliphatic heterocycles.